The van der Waals surface area contributed by atoms with Gasteiger partial charge in [-0.2, -0.15) is 0 Å². The molecule has 1 aliphatic heterocycles. The molecule has 0 spiro atoms. The minimum absolute atomic E-state index is 0.142. The van der Waals surface area contributed by atoms with Gasteiger partial charge in [0.25, 0.3) is 10.0 Å². The minimum Gasteiger partial charge on any atom is -0.483 e. The second-order valence-electron chi connectivity index (χ2n) is 6.96. The third-order valence-corrected chi connectivity index (χ3v) is 7.08. The van der Waals surface area contributed by atoms with Crippen molar-refractivity contribution in [2.75, 3.05) is 14.1 Å². The topological polar surface area (TPSA) is 76.2 Å². The van der Waals surface area contributed by atoms with E-state index in [4.69, 9.17) is 9.47 Å². The van der Waals surface area contributed by atoms with Crippen LogP contribution in [0.4, 0.5) is 4.79 Å². The average Bonchev–Trinajstić information content (AvgIpc) is 2.97. The maximum absolute atomic E-state index is 12.6. The molecule has 1 aliphatic rings. The number of hydrogen-bond acceptors (Lipinski definition) is 6. The number of carbonyl (C=O) groups excluding carboxylic acids is 1. The largest absolute Gasteiger partial charge is 0.483 e. The molecule has 0 unspecified atom stereocenters. The third kappa shape index (κ3) is 4.26. The molecule has 1 amide bonds. The molecule has 0 aliphatic carbocycles. The fraction of sp³-hybridized carbons (Fsp3) is 0.316. The van der Waals surface area contributed by atoms with Crippen LogP contribution in [0.25, 0.3) is 0 Å². The van der Waals surface area contributed by atoms with Crippen molar-refractivity contribution in [3.05, 3.63) is 54.1 Å². The summed E-state index contributed by atoms with van der Waals surface area (Å²) in [5.74, 6) is 0.860. The van der Waals surface area contributed by atoms with Gasteiger partial charge in [0, 0.05) is 26.1 Å². The van der Waals surface area contributed by atoms with E-state index in [1.165, 1.54) is 26.2 Å². The molecule has 2 aromatic carbocycles. The van der Waals surface area contributed by atoms with Crippen molar-refractivity contribution < 1.29 is 22.7 Å². The molecule has 150 valence electrons. The lowest BCUT2D eigenvalue weighted by Gasteiger charge is -2.22. The Hall–Kier alpha value is -2.23. The lowest BCUT2D eigenvalue weighted by atomic mass is 10.0. The van der Waals surface area contributed by atoms with E-state index in [1.807, 2.05) is 19.9 Å². The van der Waals surface area contributed by atoms with Gasteiger partial charge in [0.15, 0.2) is 11.5 Å². The third-order valence-electron chi connectivity index (χ3n) is 4.13. The molecule has 0 fully saturated rings. The molecule has 0 saturated heterocycles. The first kappa shape index (κ1) is 20.5. The first-order valence-electron chi connectivity index (χ1n) is 8.59. The zero-order chi connectivity index (χ0) is 20.5. The minimum atomic E-state index is -3.74. The standard InChI is InChI=1S/C19H22N2O5S2/c1-19(2)13-14-9-8-12-16(17(14)26-19)25-18(22)20(3)27-21(4)28(23,24)15-10-6-5-7-11-15/h5-12H,13H2,1-4H3. The molecule has 28 heavy (non-hydrogen) atoms. The summed E-state index contributed by atoms with van der Waals surface area (Å²) in [5.41, 5.74) is 0.601. The molecule has 0 N–H and O–H groups in total. The Balaban J connectivity index is 1.69. The van der Waals surface area contributed by atoms with Crippen LogP contribution >= 0.6 is 12.1 Å². The van der Waals surface area contributed by atoms with Gasteiger partial charge in [-0.3, -0.25) is 0 Å². The van der Waals surface area contributed by atoms with Gasteiger partial charge < -0.3 is 9.47 Å². The zero-order valence-electron chi connectivity index (χ0n) is 16.1. The molecule has 1 heterocycles. The van der Waals surface area contributed by atoms with Gasteiger partial charge in [-0.25, -0.2) is 17.5 Å². The average molecular weight is 423 g/mol. The summed E-state index contributed by atoms with van der Waals surface area (Å²) in [6.45, 7) is 3.92. The van der Waals surface area contributed by atoms with Crippen LogP contribution in [0.1, 0.15) is 19.4 Å². The highest BCUT2D eigenvalue weighted by molar-refractivity contribution is 8.07. The van der Waals surface area contributed by atoms with Crippen molar-refractivity contribution in [1.82, 2.24) is 8.02 Å². The van der Waals surface area contributed by atoms with Gasteiger partial charge in [0.05, 0.1) is 17.0 Å². The molecule has 2 aromatic rings. The number of ether oxygens (including phenoxy) is 2. The van der Waals surface area contributed by atoms with E-state index in [0.29, 0.717) is 11.5 Å². The lowest BCUT2D eigenvalue weighted by molar-refractivity contribution is 0.131. The number of benzene rings is 2. The van der Waals surface area contributed by atoms with E-state index in [0.717, 1.165) is 32.1 Å². The van der Waals surface area contributed by atoms with Crippen LogP contribution in [0.5, 0.6) is 11.5 Å². The van der Waals surface area contributed by atoms with Crippen LogP contribution in [0.15, 0.2) is 53.4 Å². The van der Waals surface area contributed by atoms with Crippen LogP contribution in [-0.4, -0.2) is 42.2 Å². The van der Waals surface area contributed by atoms with Crippen molar-refractivity contribution in [2.45, 2.75) is 30.8 Å². The van der Waals surface area contributed by atoms with Crippen molar-refractivity contribution in [3.8, 4) is 11.5 Å². The highest BCUT2D eigenvalue weighted by atomic mass is 32.3. The summed E-state index contributed by atoms with van der Waals surface area (Å²) >= 11 is 0.725. The van der Waals surface area contributed by atoms with Crippen molar-refractivity contribution in [3.63, 3.8) is 0 Å². The van der Waals surface area contributed by atoms with Crippen molar-refractivity contribution in [2.24, 2.45) is 0 Å². The molecule has 0 bridgehead atoms. The number of nitrogens with zero attached hydrogens (tertiary/aromatic N) is 2. The molecular formula is C19H22N2O5S2. The Kier molecular flexibility index (Phi) is 5.60. The number of hydrogen-bond donors (Lipinski definition) is 0. The molecule has 0 saturated carbocycles. The summed E-state index contributed by atoms with van der Waals surface area (Å²) < 4.78 is 38.6. The van der Waals surface area contributed by atoms with Gasteiger partial charge in [-0.15, -0.1) is 3.71 Å². The smallest absolute Gasteiger partial charge is 0.426 e. The normalized spacial score (nSPS) is 15.0. The van der Waals surface area contributed by atoms with Gasteiger partial charge in [0.1, 0.15) is 5.60 Å². The monoisotopic (exact) mass is 422 g/mol. The Morgan fingerprint density at radius 1 is 1.11 bits per heavy atom. The van der Waals surface area contributed by atoms with Crippen LogP contribution in [0, 0.1) is 0 Å². The molecule has 7 nitrogen and oxygen atoms in total. The SMILES string of the molecule is CN(SN(C)S(=O)(=O)c1ccccc1)C(=O)Oc1cccc2c1OC(C)(C)C2. The molecule has 0 atom stereocenters. The Labute approximate surface area is 169 Å². The number of amides is 1. The van der Waals surface area contributed by atoms with E-state index >= 15 is 0 Å². The molecule has 3 rings (SSSR count). The zero-order valence-corrected chi connectivity index (χ0v) is 17.7. The van der Waals surface area contributed by atoms with Gasteiger partial charge in [0.2, 0.25) is 0 Å². The Morgan fingerprint density at radius 2 is 1.79 bits per heavy atom. The van der Waals surface area contributed by atoms with Crippen LogP contribution in [0.3, 0.4) is 0 Å². The highest BCUT2D eigenvalue weighted by Gasteiger charge is 2.33. The Bertz CT molecular complexity index is 977. The maximum atomic E-state index is 12.6. The number of rotatable bonds is 5. The summed E-state index contributed by atoms with van der Waals surface area (Å²) in [4.78, 5) is 12.6. The van der Waals surface area contributed by atoms with Crippen molar-refractivity contribution in [1.29, 1.82) is 0 Å². The van der Waals surface area contributed by atoms with Gasteiger partial charge in [-0.05, 0) is 32.0 Å². The first-order chi connectivity index (χ1) is 13.1. The highest BCUT2D eigenvalue weighted by Crippen LogP contribution is 2.42. The van der Waals surface area contributed by atoms with E-state index < -0.39 is 16.1 Å². The van der Waals surface area contributed by atoms with Crippen LogP contribution in [-0.2, 0) is 16.4 Å². The number of para-hydroxylation sites is 1. The summed E-state index contributed by atoms with van der Waals surface area (Å²) in [5, 5.41) is 0. The predicted molar refractivity (Wildman–Crippen MR) is 108 cm³/mol. The predicted octanol–water partition coefficient (Wildman–Crippen LogP) is 3.71. The van der Waals surface area contributed by atoms with E-state index in [1.54, 1.807) is 30.3 Å². The van der Waals surface area contributed by atoms with Gasteiger partial charge in [-0.1, -0.05) is 30.3 Å². The van der Waals surface area contributed by atoms with Gasteiger partial charge >= 0.3 is 6.09 Å². The van der Waals surface area contributed by atoms with E-state index in [2.05, 4.69) is 0 Å². The second-order valence-corrected chi connectivity index (χ2v) is 10.4. The fourth-order valence-corrected chi connectivity index (χ4v) is 4.97. The summed E-state index contributed by atoms with van der Waals surface area (Å²) in [7, 11) is -0.923. The molecule has 9 heteroatoms. The lowest BCUT2D eigenvalue weighted by Crippen LogP contribution is -2.31. The van der Waals surface area contributed by atoms with Crippen molar-refractivity contribution >= 4 is 28.3 Å². The first-order valence-corrected chi connectivity index (χ1v) is 10.8. The fourth-order valence-electron chi connectivity index (χ4n) is 2.82. The second kappa shape index (κ2) is 7.65. The molecule has 0 aromatic heterocycles. The van der Waals surface area contributed by atoms with Crippen LogP contribution < -0.4 is 9.47 Å². The summed E-state index contributed by atoms with van der Waals surface area (Å²) in [6, 6.07) is 13.4. The molecule has 0 radical (unpaired) electrons. The number of carbonyl (C=O) groups is 1. The molecular weight excluding hydrogens is 400 g/mol. The number of sulfonamides is 1. The van der Waals surface area contributed by atoms with E-state index in [9.17, 15) is 13.2 Å². The quantitative estimate of drug-likeness (QED) is 0.684. The Morgan fingerprint density at radius 3 is 2.46 bits per heavy atom. The van der Waals surface area contributed by atoms with E-state index in [-0.39, 0.29) is 10.5 Å². The van der Waals surface area contributed by atoms with Crippen LogP contribution in [0.2, 0.25) is 0 Å². The number of fused-ring (bicyclic) bond motifs is 1. The summed E-state index contributed by atoms with van der Waals surface area (Å²) in [6.07, 6.45) is 0.0120. The maximum Gasteiger partial charge on any atom is 0.426 e.